The van der Waals surface area contributed by atoms with E-state index < -0.39 is 0 Å². The van der Waals surface area contributed by atoms with E-state index in [-0.39, 0.29) is 6.10 Å². The van der Waals surface area contributed by atoms with Crippen molar-refractivity contribution < 1.29 is 4.74 Å². The maximum atomic E-state index is 6.06. The second kappa shape index (κ2) is 7.05. The van der Waals surface area contributed by atoms with Gasteiger partial charge in [-0.3, -0.25) is 0 Å². The third kappa shape index (κ3) is 3.76. The van der Waals surface area contributed by atoms with Crippen LogP contribution in [0, 0.1) is 6.92 Å². The zero-order chi connectivity index (χ0) is 13.5. The second-order valence-electron chi connectivity index (χ2n) is 4.66. The first kappa shape index (κ1) is 14.6. The maximum absolute atomic E-state index is 6.06. The van der Waals surface area contributed by atoms with Gasteiger partial charge in [0.2, 0.25) is 0 Å². The standard InChI is InChI=1S/C17H24O/c1-6-9-13(3)16-12-8-11-14(4)17(16)18-15(5)10-7-2/h6-13,15H,1-5H3/b9-6+,10-7+. The van der Waals surface area contributed by atoms with Gasteiger partial charge >= 0.3 is 0 Å². The van der Waals surface area contributed by atoms with E-state index in [9.17, 15) is 0 Å². The van der Waals surface area contributed by atoms with Gasteiger partial charge in [0, 0.05) is 11.5 Å². The molecule has 1 rings (SSSR count). The Hall–Kier alpha value is -1.50. The van der Waals surface area contributed by atoms with Crippen LogP contribution in [0.5, 0.6) is 5.75 Å². The van der Waals surface area contributed by atoms with Crippen molar-refractivity contribution in [3.05, 3.63) is 53.6 Å². The average molecular weight is 244 g/mol. The lowest BCUT2D eigenvalue weighted by molar-refractivity contribution is 0.264. The monoisotopic (exact) mass is 244 g/mol. The predicted molar refractivity (Wildman–Crippen MR) is 79.3 cm³/mol. The largest absolute Gasteiger partial charge is 0.486 e. The van der Waals surface area contributed by atoms with Crippen molar-refractivity contribution in [1.29, 1.82) is 0 Å². The van der Waals surface area contributed by atoms with Gasteiger partial charge in [-0.15, -0.1) is 0 Å². The third-order valence-electron chi connectivity index (χ3n) is 2.98. The molecule has 0 N–H and O–H groups in total. The molecule has 0 spiro atoms. The Balaban J connectivity index is 3.07. The van der Waals surface area contributed by atoms with Crippen LogP contribution in [0.1, 0.15) is 44.7 Å². The molecule has 1 aromatic carbocycles. The highest BCUT2D eigenvalue weighted by molar-refractivity contribution is 5.44. The Morgan fingerprint density at radius 2 is 1.72 bits per heavy atom. The lowest BCUT2D eigenvalue weighted by Crippen LogP contribution is -2.11. The molecule has 0 radical (unpaired) electrons. The van der Waals surface area contributed by atoms with Crippen molar-refractivity contribution in [3.8, 4) is 5.75 Å². The van der Waals surface area contributed by atoms with Gasteiger partial charge in [0.15, 0.2) is 0 Å². The lowest BCUT2D eigenvalue weighted by atomic mass is 9.97. The number of rotatable bonds is 5. The molecular weight excluding hydrogens is 220 g/mol. The molecule has 0 aliphatic carbocycles. The van der Waals surface area contributed by atoms with Gasteiger partial charge in [0.05, 0.1) is 0 Å². The fourth-order valence-corrected chi connectivity index (χ4v) is 2.08. The summed E-state index contributed by atoms with van der Waals surface area (Å²) in [5.74, 6) is 1.40. The summed E-state index contributed by atoms with van der Waals surface area (Å²) in [4.78, 5) is 0. The summed E-state index contributed by atoms with van der Waals surface area (Å²) in [5.41, 5.74) is 2.45. The molecule has 98 valence electrons. The molecule has 1 nitrogen and oxygen atoms in total. The maximum Gasteiger partial charge on any atom is 0.126 e. The van der Waals surface area contributed by atoms with Crippen molar-refractivity contribution in [2.75, 3.05) is 0 Å². The molecule has 0 aliphatic rings. The van der Waals surface area contributed by atoms with Gasteiger partial charge in [0.25, 0.3) is 0 Å². The summed E-state index contributed by atoms with van der Waals surface area (Å²) < 4.78 is 6.06. The molecule has 1 aromatic rings. The van der Waals surface area contributed by atoms with E-state index in [4.69, 9.17) is 4.74 Å². The van der Waals surface area contributed by atoms with Crippen LogP contribution in [0.3, 0.4) is 0 Å². The third-order valence-corrected chi connectivity index (χ3v) is 2.98. The van der Waals surface area contributed by atoms with Crippen molar-refractivity contribution in [2.24, 2.45) is 0 Å². The summed E-state index contributed by atoms with van der Waals surface area (Å²) in [6.07, 6.45) is 8.48. The van der Waals surface area contributed by atoms with Gasteiger partial charge in [-0.2, -0.15) is 0 Å². The van der Waals surface area contributed by atoms with E-state index in [0.29, 0.717) is 5.92 Å². The number of ether oxygens (including phenoxy) is 1. The highest BCUT2D eigenvalue weighted by atomic mass is 16.5. The number of hydrogen-bond acceptors (Lipinski definition) is 1. The molecular formula is C17H24O. The number of allylic oxidation sites excluding steroid dienone is 3. The predicted octanol–water partition coefficient (Wildman–Crippen LogP) is 5.02. The van der Waals surface area contributed by atoms with Crippen LogP contribution in [-0.4, -0.2) is 6.10 Å². The van der Waals surface area contributed by atoms with Gasteiger partial charge in [-0.1, -0.05) is 43.4 Å². The molecule has 1 heteroatoms. The molecule has 0 amide bonds. The molecule has 18 heavy (non-hydrogen) atoms. The summed E-state index contributed by atoms with van der Waals surface area (Å²) >= 11 is 0. The Morgan fingerprint density at radius 1 is 1.06 bits per heavy atom. The number of para-hydroxylation sites is 1. The van der Waals surface area contributed by atoms with Crippen LogP contribution in [0.2, 0.25) is 0 Å². The van der Waals surface area contributed by atoms with Crippen LogP contribution in [0.4, 0.5) is 0 Å². The fraction of sp³-hybridized carbons (Fsp3) is 0.412. The fourth-order valence-electron chi connectivity index (χ4n) is 2.08. The SMILES string of the molecule is C/C=C/C(C)Oc1c(C)cccc1C(C)/C=C/C. The van der Waals surface area contributed by atoms with Crippen molar-refractivity contribution in [1.82, 2.24) is 0 Å². The molecule has 0 bridgehead atoms. The summed E-state index contributed by atoms with van der Waals surface area (Å²) in [6.45, 7) is 10.4. The zero-order valence-electron chi connectivity index (χ0n) is 12.1. The molecule has 2 atom stereocenters. The highest BCUT2D eigenvalue weighted by Gasteiger charge is 2.13. The van der Waals surface area contributed by atoms with Crippen LogP contribution in [0.25, 0.3) is 0 Å². The molecule has 0 saturated carbocycles. The second-order valence-corrected chi connectivity index (χ2v) is 4.66. The molecule has 0 saturated heterocycles. The zero-order valence-corrected chi connectivity index (χ0v) is 12.1. The van der Waals surface area contributed by atoms with Crippen molar-refractivity contribution >= 4 is 0 Å². The summed E-state index contributed by atoms with van der Waals surface area (Å²) in [5, 5.41) is 0. The van der Waals surface area contributed by atoms with Gasteiger partial charge < -0.3 is 4.74 Å². The normalized spacial score (nSPS) is 15.2. The van der Waals surface area contributed by atoms with Crippen molar-refractivity contribution in [2.45, 2.75) is 46.6 Å². The van der Waals surface area contributed by atoms with Crippen LogP contribution >= 0.6 is 0 Å². The smallest absolute Gasteiger partial charge is 0.126 e. The quantitative estimate of drug-likeness (QED) is 0.661. The minimum Gasteiger partial charge on any atom is -0.486 e. The van der Waals surface area contributed by atoms with E-state index in [1.54, 1.807) is 0 Å². The molecule has 2 unspecified atom stereocenters. The number of benzene rings is 1. The Bertz CT molecular complexity index is 429. The average Bonchev–Trinajstić information content (AvgIpc) is 2.32. The first-order chi connectivity index (χ1) is 8.60. The Morgan fingerprint density at radius 3 is 2.33 bits per heavy atom. The Labute approximate surface area is 111 Å². The molecule has 0 aromatic heterocycles. The van der Waals surface area contributed by atoms with Crippen molar-refractivity contribution in [3.63, 3.8) is 0 Å². The number of hydrogen-bond donors (Lipinski definition) is 0. The molecule has 0 aliphatic heterocycles. The first-order valence-corrected chi connectivity index (χ1v) is 6.62. The Kier molecular flexibility index (Phi) is 5.70. The minimum atomic E-state index is 0.104. The topological polar surface area (TPSA) is 9.23 Å². The number of aryl methyl sites for hydroxylation is 1. The van der Waals surface area contributed by atoms with E-state index in [2.05, 4.69) is 64.1 Å². The van der Waals surface area contributed by atoms with Crippen LogP contribution in [-0.2, 0) is 0 Å². The summed E-state index contributed by atoms with van der Waals surface area (Å²) in [7, 11) is 0. The van der Waals surface area contributed by atoms with E-state index in [0.717, 1.165) is 5.75 Å². The molecule has 0 fully saturated rings. The first-order valence-electron chi connectivity index (χ1n) is 6.62. The summed E-state index contributed by atoms with van der Waals surface area (Å²) in [6, 6.07) is 6.34. The van der Waals surface area contributed by atoms with Crippen LogP contribution in [0.15, 0.2) is 42.5 Å². The highest BCUT2D eigenvalue weighted by Crippen LogP contribution is 2.31. The van der Waals surface area contributed by atoms with E-state index in [1.165, 1.54) is 11.1 Å². The minimum absolute atomic E-state index is 0.104. The van der Waals surface area contributed by atoms with E-state index in [1.807, 2.05) is 13.0 Å². The lowest BCUT2D eigenvalue weighted by Gasteiger charge is -2.19. The van der Waals surface area contributed by atoms with Gasteiger partial charge in [-0.05, 0) is 39.3 Å². The van der Waals surface area contributed by atoms with Crippen LogP contribution < -0.4 is 4.74 Å². The van der Waals surface area contributed by atoms with Gasteiger partial charge in [0.1, 0.15) is 11.9 Å². The van der Waals surface area contributed by atoms with Gasteiger partial charge in [-0.25, -0.2) is 0 Å². The molecule has 0 heterocycles. The van der Waals surface area contributed by atoms with E-state index >= 15 is 0 Å².